The maximum atomic E-state index is 12.6. The zero-order valence-corrected chi connectivity index (χ0v) is 27.1. The van der Waals surface area contributed by atoms with Crippen LogP contribution in [0.25, 0.3) is 0 Å². The van der Waals surface area contributed by atoms with Gasteiger partial charge in [-0.2, -0.15) is 0 Å². The summed E-state index contributed by atoms with van der Waals surface area (Å²) in [5, 5.41) is 0. The van der Waals surface area contributed by atoms with E-state index in [0.717, 1.165) is 56.2 Å². The molecule has 3 aromatic carbocycles. The molecular formula is C38H42O10. The van der Waals surface area contributed by atoms with Crippen LogP contribution in [0, 0.1) is 0 Å². The van der Waals surface area contributed by atoms with Gasteiger partial charge in [-0.1, -0.05) is 25.3 Å². The predicted octanol–water partition coefficient (Wildman–Crippen LogP) is 6.86. The number of hydrogen-bond acceptors (Lipinski definition) is 10. The number of benzene rings is 3. The van der Waals surface area contributed by atoms with E-state index in [1.807, 2.05) is 12.1 Å². The SMILES string of the molecule is C=CC(=O)OCCCCCOc1ccc(C(=O)OCCc2ccc(OC(=O)c3ccc(OCCCCCOC(=O)C=C)cc3)cc2)cc1. The molecule has 0 bridgehead atoms. The summed E-state index contributed by atoms with van der Waals surface area (Å²) in [5.74, 6) is -0.0574. The van der Waals surface area contributed by atoms with Crippen molar-refractivity contribution in [3.63, 3.8) is 0 Å². The molecule has 0 heterocycles. The third-order valence-corrected chi connectivity index (χ3v) is 6.87. The van der Waals surface area contributed by atoms with Gasteiger partial charge in [0.05, 0.1) is 44.2 Å². The Kier molecular flexibility index (Phi) is 16.5. The third kappa shape index (κ3) is 14.4. The van der Waals surface area contributed by atoms with Crippen molar-refractivity contribution in [2.24, 2.45) is 0 Å². The number of hydrogen-bond donors (Lipinski definition) is 0. The summed E-state index contributed by atoms with van der Waals surface area (Å²) in [6.07, 6.45) is 7.61. The summed E-state index contributed by atoms with van der Waals surface area (Å²) in [5.41, 5.74) is 1.74. The van der Waals surface area contributed by atoms with Gasteiger partial charge in [-0.05, 0) is 105 Å². The fraction of sp³-hybridized carbons (Fsp3) is 0.316. The van der Waals surface area contributed by atoms with Crippen molar-refractivity contribution in [1.29, 1.82) is 0 Å². The number of carbonyl (C=O) groups is 4. The predicted molar refractivity (Wildman–Crippen MR) is 179 cm³/mol. The molecule has 0 spiro atoms. The number of unbranched alkanes of at least 4 members (excludes halogenated alkanes) is 4. The van der Waals surface area contributed by atoms with Crippen LogP contribution in [-0.4, -0.2) is 56.9 Å². The highest BCUT2D eigenvalue weighted by molar-refractivity contribution is 5.91. The summed E-state index contributed by atoms with van der Waals surface area (Å²) >= 11 is 0. The summed E-state index contributed by atoms with van der Waals surface area (Å²) in [4.78, 5) is 47.0. The molecule has 3 rings (SSSR count). The van der Waals surface area contributed by atoms with E-state index in [1.54, 1.807) is 60.7 Å². The van der Waals surface area contributed by atoms with Crippen LogP contribution in [0.5, 0.6) is 17.2 Å². The Morgan fingerprint density at radius 3 is 1.40 bits per heavy atom. The minimum atomic E-state index is -0.488. The van der Waals surface area contributed by atoms with E-state index in [0.29, 0.717) is 61.2 Å². The van der Waals surface area contributed by atoms with Gasteiger partial charge in [0, 0.05) is 18.6 Å². The molecule has 3 aromatic rings. The Morgan fingerprint density at radius 1 is 0.479 bits per heavy atom. The molecule has 0 aromatic heterocycles. The average molecular weight is 659 g/mol. The lowest BCUT2D eigenvalue weighted by atomic mass is 10.1. The highest BCUT2D eigenvalue weighted by atomic mass is 16.5. The first-order valence-corrected chi connectivity index (χ1v) is 15.9. The standard InChI is InChI=1S/C38H42O10/c1-3-35(39)45-26-9-5-7-24-43-32-19-13-30(14-20-32)37(41)47-28-23-29-11-17-34(18-12-29)48-38(42)31-15-21-33(22-16-31)44-25-8-6-10-27-46-36(40)4-2/h3-4,11-22H,1-2,5-10,23-28H2. The molecule has 0 amide bonds. The van der Waals surface area contributed by atoms with Crippen LogP contribution < -0.4 is 14.2 Å². The Labute approximate surface area is 281 Å². The summed E-state index contributed by atoms with van der Waals surface area (Å²) < 4.78 is 32.2. The molecule has 0 saturated heterocycles. The second-order valence-electron chi connectivity index (χ2n) is 10.5. The maximum absolute atomic E-state index is 12.6. The van der Waals surface area contributed by atoms with E-state index in [-0.39, 0.29) is 6.61 Å². The van der Waals surface area contributed by atoms with Crippen LogP contribution in [0.4, 0.5) is 0 Å². The number of rotatable bonds is 22. The largest absolute Gasteiger partial charge is 0.494 e. The van der Waals surface area contributed by atoms with Crippen LogP contribution in [0.1, 0.15) is 64.8 Å². The van der Waals surface area contributed by atoms with Crippen LogP contribution in [-0.2, 0) is 30.2 Å². The van der Waals surface area contributed by atoms with Crippen LogP contribution >= 0.6 is 0 Å². The summed E-state index contributed by atoms with van der Waals surface area (Å²) in [7, 11) is 0. The monoisotopic (exact) mass is 658 g/mol. The molecule has 0 fully saturated rings. The zero-order chi connectivity index (χ0) is 34.4. The van der Waals surface area contributed by atoms with E-state index in [4.69, 9.17) is 28.4 Å². The quantitative estimate of drug-likeness (QED) is 0.0372. The molecule has 0 atom stereocenters. The normalized spacial score (nSPS) is 10.3. The average Bonchev–Trinajstić information content (AvgIpc) is 3.11. The molecule has 10 nitrogen and oxygen atoms in total. The third-order valence-electron chi connectivity index (χ3n) is 6.87. The molecule has 0 aliphatic carbocycles. The van der Waals surface area contributed by atoms with Crippen molar-refractivity contribution < 1.29 is 47.6 Å². The van der Waals surface area contributed by atoms with Crippen molar-refractivity contribution in [3.8, 4) is 17.2 Å². The first-order valence-electron chi connectivity index (χ1n) is 15.9. The molecule has 0 unspecified atom stereocenters. The minimum Gasteiger partial charge on any atom is -0.494 e. The van der Waals surface area contributed by atoms with E-state index >= 15 is 0 Å². The van der Waals surface area contributed by atoms with Gasteiger partial charge in [-0.15, -0.1) is 0 Å². The van der Waals surface area contributed by atoms with Gasteiger partial charge in [0.25, 0.3) is 0 Å². The lowest BCUT2D eigenvalue weighted by Crippen LogP contribution is -2.09. The molecule has 0 aliphatic heterocycles. The molecule has 0 radical (unpaired) electrons. The minimum absolute atomic E-state index is 0.192. The second kappa shape index (κ2) is 21.4. The van der Waals surface area contributed by atoms with Gasteiger partial charge >= 0.3 is 23.9 Å². The lowest BCUT2D eigenvalue weighted by Gasteiger charge is -2.09. The van der Waals surface area contributed by atoms with Crippen LogP contribution in [0.15, 0.2) is 98.1 Å². The summed E-state index contributed by atoms with van der Waals surface area (Å²) in [6.45, 7) is 8.64. The van der Waals surface area contributed by atoms with E-state index in [2.05, 4.69) is 13.2 Å². The van der Waals surface area contributed by atoms with Gasteiger partial charge in [-0.25, -0.2) is 19.2 Å². The first kappa shape index (κ1) is 37.1. The number of carbonyl (C=O) groups excluding carboxylic acids is 4. The second-order valence-corrected chi connectivity index (χ2v) is 10.5. The summed E-state index contributed by atoms with van der Waals surface area (Å²) in [6, 6.07) is 20.5. The number of esters is 4. The Hall–Kier alpha value is -5.38. The lowest BCUT2D eigenvalue weighted by molar-refractivity contribution is -0.138. The van der Waals surface area contributed by atoms with Gasteiger partial charge < -0.3 is 28.4 Å². The Morgan fingerprint density at radius 2 is 0.917 bits per heavy atom. The van der Waals surface area contributed by atoms with Crippen molar-refractivity contribution >= 4 is 23.9 Å². The van der Waals surface area contributed by atoms with Gasteiger partial charge in [0.2, 0.25) is 0 Å². The first-order chi connectivity index (χ1) is 23.4. The van der Waals surface area contributed by atoms with Gasteiger partial charge in [-0.3, -0.25) is 0 Å². The fourth-order valence-corrected chi connectivity index (χ4v) is 4.21. The molecule has 48 heavy (non-hydrogen) atoms. The molecule has 254 valence electrons. The van der Waals surface area contributed by atoms with E-state index < -0.39 is 23.9 Å². The van der Waals surface area contributed by atoms with Gasteiger partial charge in [0.15, 0.2) is 0 Å². The van der Waals surface area contributed by atoms with Crippen molar-refractivity contribution in [2.75, 3.05) is 33.0 Å². The topological polar surface area (TPSA) is 124 Å². The van der Waals surface area contributed by atoms with Crippen molar-refractivity contribution in [2.45, 2.75) is 44.9 Å². The van der Waals surface area contributed by atoms with Crippen molar-refractivity contribution in [3.05, 3.63) is 115 Å². The smallest absolute Gasteiger partial charge is 0.343 e. The zero-order valence-electron chi connectivity index (χ0n) is 27.1. The molecule has 0 saturated carbocycles. The van der Waals surface area contributed by atoms with Crippen LogP contribution in [0.2, 0.25) is 0 Å². The van der Waals surface area contributed by atoms with Crippen LogP contribution in [0.3, 0.4) is 0 Å². The maximum Gasteiger partial charge on any atom is 0.343 e. The van der Waals surface area contributed by atoms with E-state index in [9.17, 15) is 19.2 Å². The highest BCUT2D eigenvalue weighted by Crippen LogP contribution is 2.18. The van der Waals surface area contributed by atoms with Gasteiger partial charge in [0.1, 0.15) is 17.2 Å². The Balaban J connectivity index is 1.29. The molecule has 0 N–H and O–H groups in total. The Bertz CT molecular complexity index is 1460. The molecular weight excluding hydrogens is 616 g/mol. The molecule has 0 aliphatic rings. The fourth-order valence-electron chi connectivity index (χ4n) is 4.21. The number of ether oxygens (including phenoxy) is 6. The highest BCUT2D eigenvalue weighted by Gasteiger charge is 2.11. The molecule has 10 heteroatoms. The van der Waals surface area contributed by atoms with E-state index in [1.165, 1.54) is 0 Å². The van der Waals surface area contributed by atoms with Crippen molar-refractivity contribution in [1.82, 2.24) is 0 Å².